The summed E-state index contributed by atoms with van der Waals surface area (Å²) in [6.45, 7) is 1.39. The molecule has 0 amide bonds. The summed E-state index contributed by atoms with van der Waals surface area (Å²) >= 11 is 0. The Hall–Kier alpha value is -1.30. The molecule has 1 aromatic carbocycles. The first-order chi connectivity index (χ1) is 13.5. The Morgan fingerprint density at radius 1 is 1.36 bits per heavy atom. The highest BCUT2D eigenvalue weighted by atomic mass is 16.5. The second-order valence-electron chi connectivity index (χ2n) is 8.32. The van der Waals surface area contributed by atoms with Crippen molar-refractivity contribution in [1.82, 2.24) is 4.90 Å². The fourth-order valence-corrected chi connectivity index (χ4v) is 5.75. The zero-order valence-corrected chi connectivity index (χ0v) is 14.0. The largest absolute Gasteiger partial charge is 0.504 e. The number of phenolic OH excluding ortho intramolecular Hbond substituents is 1. The number of hydrogen-bond donors (Lipinski definition) is 3. The normalized spacial score (nSPS) is 54.6. The summed E-state index contributed by atoms with van der Waals surface area (Å²) in [7, 11) is 0. The van der Waals surface area contributed by atoms with Gasteiger partial charge in [-0.25, -0.2) is 0 Å². The van der Waals surface area contributed by atoms with Crippen LogP contribution >= 0.6 is 0 Å². The molecule has 6 rings (SSSR count). The van der Waals surface area contributed by atoms with E-state index in [1.807, 2.05) is 0 Å². The lowest BCUT2D eigenvalue weighted by Crippen LogP contribution is -2.77. The number of aliphatic hydroxyl groups is 2. The van der Waals surface area contributed by atoms with Crippen LogP contribution in [0.15, 0.2) is 12.1 Å². The number of likely N-dealkylation sites (tertiary alicyclic amines) is 1. The minimum atomic E-state index is -2.92. The number of nitrogens with zero attached hydrogens (tertiary/aromatic N) is 1. The van der Waals surface area contributed by atoms with Gasteiger partial charge >= 0.3 is 0 Å². The Balaban J connectivity index is 1.65. The molecule has 2 bridgehead atoms. The first-order valence-corrected chi connectivity index (χ1v) is 9.22. The number of phenols is 1. The van der Waals surface area contributed by atoms with Crippen LogP contribution in [0.25, 0.3) is 0 Å². The van der Waals surface area contributed by atoms with Gasteiger partial charge in [0.05, 0.1) is 19.8 Å². The second-order valence-corrected chi connectivity index (χ2v) is 8.32. The maximum Gasteiger partial charge on any atom is 0.165 e. The molecule has 5 nitrogen and oxygen atoms in total. The second kappa shape index (κ2) is 4.51. The van der Waals surface area contributed by atoms with E-state index in [2.05, 4.69) is 4.90 Å². The predicted octanol–water partition coefficient (Wildman–Crippen LogP) is 1.32. The molecule has 5 atom stereocenters. The molecule has 3 N–H and O–H groups in total. The molecule has 5 heteroatoms. The first-order valence-electron chi connectivity index (χ1n) is 11.2. The molecule has 0 radical (unpaired) electrons. The molecule has 134 valence electrons. The summed E-state index contributed by atoms with van der Waals surface area (Å²) in [5, 5.41) is 33.7. The van der Waals surface area contributed by atoms with Gasteiger partial charge < -0.3 is 20.1 Å². The van der Waals surface area contributed by atoms with Gasteiger partial charge in [0, 0.05) is 20.9 Å². The van der Waals surface area contributed by atoms with Gasteiger partial charge in [0.1, 0.15) is 6.08 Å². The lowest BCUT2D eigenvalue weighted by atomic mass is 9.48. The van der Waals surface area contributed by atoms with Gasteiger partial charge in [0.15, 0.2) is 11.5 Å². The summed E-state index contributed by atoms with van der Waals surface area (Å²) < 4.78 is 40.4. The van der Waals surface area contributed by atoms with Crippen molar-refractivity contribution >= 4 is 0 Å². The van der Waals surface area contributed by atoms with E-state index in [9.17, 15) is 15.3 Å². The van der Waals surface area contributed by atoms with Gasteiger partial charge in [0.25, 0.3) is 0 Å². The molecule has 25 heavy (non-hydrogen) atoms. The maximum atomic E-state index is 12.2. The predicted molar refractivity (Wildman–Crippen MR) is 90.8 cm³/mol. The summed E-state index contributed by atoms with van der Waals surface area (Å²) in [6.07, 6.45) is -5.39. The SMILES string of the molecule is [2H]C1([2H])C[C@@]2(O)[C@H]3Cc4ccc(O)c5c4[C@@]2(CCN3CC2CC2)[C@@]([2H])(O5)[C@]1([2H])O. The standard InChI is InChI=1S/C20H25NO4/c22-13-4-3-12-9-15-20(24)6-5-14(23)18-19(20,16(12)17(13)25-18)7-8-21(15)10-11-1-2-11/h3-4,11,14-15,18,22-24H,1-2,5-10H2/t14-,15-,18+,19+,20-/m1/s1/i5D2,14D,18D. The van der Waals surface area contributed by atoms with E-state index < -0.39 is 42.0 Å². The molecule has 0 aromatic heterocycles. The fraction of sp³-hybridized carbons (Fsp3) is 0.700. The minimum Gasteiger partial charge on any atom is -0.504 e. The van der Waals surface area contributed by atoms with Crippen LogP contribution in [0, 0.1) is 5.92 Å². The number of benzene rings is 1. The van der Waals surface area contributed by atoms with Crippen molar-refractivity contribution in [3.8, 4) is 11.5 Å². The Kier molecular flexibility index (Phi) is 2.06. The van der Waals surface area contributed by atoms with Crippen LogP contribution in [0.5, 0.6) is 11.5 Å². The van der Waals surface area contributed by atoms with Gasteiger partial charge in [-0.05, 0) is 62.6 Å². The monoisotopic (exact) mass is 347 g/mol. The topological polar surface area (TPSA) is 73.2 Å². The molecule has 2 aliphatic heterocycles. The van der Waals surface area contributed by atoms with Crippen LogP contribution in [0.3, 0.4) is 0 Å². The van der Waals surface area contributed by atoms with Crippen LogP contribution in [0.4, 0.5) is 0 Å². The van der Waals surface area contributed by atoms with E-state index >= 15 is 0 Å². The van der Waals surface area contributed by atoms with Crippen molar-refractivity contribution in [2.45, 2.75) is 67.7 Å². The van der Waals surface area contributed by atoms with Gasteiger partial charge in [-0.2, -0.15) is 0 Å². The van der Waals surface area contributed by atoms with Crippen LogP contribution in [-0.2, 0) is 11.8 Å². The van der Waals surface area contributed by atoms with E-state index in [0.717, 1.165) is 24.9 Å². The van der Waals surface area contributed by atoms with Crippen molar-refractivity contribution in [2.75, 3.05) is 13.1 Å². The highest BCUT2D eigenvalue weighted by molar-refractivity contribution is 5.62. The molecule has 1 aromatic rings. The molecular weight excluding hydrogens is 318 g/mol. The molecule has 1 saturated heterocycles. The van der Waals surface area contributed by atoms with Crippen molar-refractivity contribution < 1.29 is 25.5 Å². The zero-order valence-electron chi connectivity index (χ0n) is 18.0. The minimum absolute atomic E-state index is 0.00777. The number of piperidine rings is 1. The van der Waals surface area contributed by atoms with E-state index in [1.54, 1.807) is 6.07 Å². The quantitative estimate of drug-likeness (QED) is 0.752. The summed E-state index contributed by atoms with van der Waals surface area (Å²) in [5.41, 5.74) is -1.85. The smallest absolute Gasteiger partial charge is 0.165 e. The van der Waals surface area contributed by atoms with Gasteiger partial charge in [-0.3, -0.25) is 4.90 Å². The lowest BCUT2D eigenvalue weighted by Gasteiger charge is -2.63. The van der Waals surface area contributed by atoms with Gasteiger partial charge in [-0.1, -0.05) is 6.07 Å². The van der Waals surface area contributed by atoms with Crippen LogP contribution in [-0.4, -0.2) is 57.1 Å². The first kappa shape index (κ1) is 11.4. The Labute approximate surface area is 152 Å². The average Bonchev–Trinajstić information content (AvgIpc) is 3.37. The van der Waals surface area contributed by atoms with Crippen molar-refractivity contribution in [3.05, 3.63) is 23.3 Å². The summed E-state index contributed by atoms with van der Waals surface area (Å²) in [6, 6.07) is 2.82. The third kappa shape index (κ3) is 1.61. The molecule has 2 saturated carbocycles. The van der Waals surface area contributed by atoms with E-state index in [1.165, 1.54) is 6.07 Å². The van der Waals surface area contributed by atoms with Gasteiger partial charge in [0.2, 0.25) is 0 Å². The molecule has 1 spiro atoms. The lowest BCUT2D eigenvalue weighted by molar-refractivity contribution is -0.208. The molecule has 0 unspecified atom stereocenters. The molecule has 5 aliphatic rings. The van der Waals surface area contributed by atoms with E-state index in [4.69, 9.17) is 10.2 Å². The highest BCUT2D eigenvalue weighted by Gasteiger charge is 2.72. The Bertz CT molecular complexity index is 937. The van der Waals surface area contributed by atoms with Crippen LogP contribution in [0.1, 0.15) is 48.7 Å². The van der Waals surface area contributed by atoms with Crippen LogP contribution < -0.4 is 4.74 Å². The molecular formula is C20H25NO4. The Morgan fingerprint density at radius 2 is 2.20 bits per heavy atom. The molecule has 3 aliphatic carbocycles. The summed E-state index contributed by atoms with van der Waals surface area (Å²) in [4.78, 5) is 2.21. The fourth-order valence-electron chi connectivity index (χ4n) is 5.75. The van der Waals surface area contributed by atoms with Crippen molar-refractivity contribution in [1.29, 1.82) is 0 Å². The number of aromatic hydroxyl groups is 1. The molecule has 2 heterocycles. The van der Waals surface area contributed by atoms with Crippen molar-refractivity contribution in [2.24, 2.45) is 5.92 Å². The summed E-state index contributed by atoms with van der Waals surface area (Å²) in [5.74, 6) is 0.378. The van der Waals surface area contributed by atoms with Crippen LogP contribution in [0.2, 0.25) is 0 Å². The number of rotatable bonds is 2. The third-order valence-electron chi connectivity index (χ3n) is 7.09. The Morgan fingerprint density at radius 3 is 3.00 bits per heavy atom. The molecule has 3 fully saturated rings. The highest BCUT2D eigenvalue weighted by Crippen LogP contribution is 2.65. The number of ether oxygens (including phenoxy) is 1. The van der Waals surface area contributed by atoms with E-state index in [-0.39, 0.29) is 17.9 Å². The maximum absolute atomic E-state index is 12.2. The number of hydrogen-bond acceptors (Lipinski definition) is 5. The average molecular weight is 347 g/mol. The van der Waals surface area contributed by atoms with E-state index in [0.29, 0.717) is 24.4 Å². The third-order valence-corrected chi connectivity index (χ3v) is 7.09. The van der Waals surface area contributed by atoms with Gasteiger partial charge in [-0.15, -0.1) is 0 Å². The van der Waals surface area contributed by atoms with Crippen molar-refractivity contribution in [3.63, 3.8) is 0 Å². The zero-order chi connectivity index (χ0) is 20.6.